The SMILES string of the molecule is CC(Nc1ncncc1C(=N)c1cccc(C#N)c1)c1cn(CC2CC2)nn1. The van der Waals surface area contributed by atoms with E-state index in [1.165, 1.54) is 19.2 Å². The van der Waals surface area contributed by atoms with Gasteiger partial charge in [-0.15, -0.1) is 5.10 Å². The average molecular weight is 372 g/mol. The Morgan fingerprint density at radius 2 is 2.29 bits per heavy atom. The Balaban J connectivity index is 1.54. The molecule has 2 aromatic heterocycles. The van der Waals surface area contributed by atoms with Crippen LogP contribution in [-0.4, -0.2) is 30.7 Å². The smallest absolute Gasteiger partial charge is 0.139 e. The van der Waals surface area contributed by atoms with Crippen LogP contribution >= 0.6 is 0 Å². The Morgan fingerprint density at radius 3 is 3.07 bits per heavy atom. The van der Waals surface area contributed by atoms with Gasteiger partial charge in [0, 0.05) is 18.3 Å². The summed E-state index contributed by atoms with van der Waals surface area (Å²) in [6.07, 6.45) is 7.54. The monoisotopic (exact) mass is 372 g/mol. The first kappa shape index (κ1) is 17.8. The minimum Gasteiger partial charge on any atom is -0.361 e. The average Bonchev–Trinajstić information content (AvgIpc) is 3.42. The first-order valence-corrected chi connectivity index (χ1v) is 9.20. The summed E-state index contributed by atoms with van der Waals surface area (Å²) in [5.41, 5.74) is 2.79. The minimum absolute atomic E-state index is 0.125. The van der Waals surface area contributed by atoms with Crippen molar-refractivity contribution in [1.29, 1.82) is 10.7 Å². The van der Waals surface area contributed by atoms with Crippen molar-refractivity contribution in [3.05, 3.63) is 65.4 Å². The van der Waals surface area contributed by atoms with Gasteiger partial charge in [-0.25, -0.2) is 9.97 Å². The van der Waals surface area contributed by atoms with Gasteiger partial charge in [0.2, 0.25) is 0 Å². The summed E-state index contributed by atoms with van der Waals surface area (Å²) < 4.78 is 1.89. The van der Waals surface area contributed by atoms with E-state index in [4.69, 9.17) is 10.7 Å². The van der Waals surface area contributed by atoms with Crippen LogP contribution in [0.5, 0.6) is 0 Å². The summed E-state index contributed by atoms with van der Waals surface area (Å²) in [5.74, 6) is 1.28. The molecule has 1 aliphatic carbocycles. The lowest BCUT2D eigenvalue weighted by atomic mass is 10.0. The van der Waals surface area contributed by atoms with Gasteiger partial charge in [-0.2, -0.15) is 5.26 Å². The summed E-state index contributed by atoms with van der Waals surface area (Å²) in [6.45, 7) is 2.90. The normalized spacial score (nSPS) is 14.3. The van der Waals surface area contributed by atoms with Crippen molar-refractivity contribution in [3.8, 4) is 6.07 Å². The van der Waals surface area contributed by atoms with Crippen LogP contribution in [0.3, 0.4) is 0 Å². The van der Waals surface area contributed by atoms with Gasteiger partial charge in [0.05, 0.1) is 35.1 Å². The van der Waals surface area contributed by atoms with Gasteiger partial charge < -0.3 is 5.32 Å². The molecule has 1 aliphatic rings. The third kappa shape index (κ3) is 3.88. The Bertz CT molecular complexity index is 1040. The van der Waals surface area contributed by atoms with Crippen LogP contribution in [0.15, 0.2) is 43.0 Å². The van der Waals surface area contributed by atoms with E-state index >= 15 is 0 Å². The van der Waals surface area contributed by atoms with Gasteiger partial charge in [0.25, 0.3) is 0 Å². The molecule has 3 aromatic rings. The third-order valence-electron chi connectivity index (χ3n) is 4.76. The highest BCUT2D eigenvalue weighted by Gasteiger charge is 2.23. The Hall–Kier alpha value is -3.60. The van der Waals surface area contributed by atoms with Gasteiger partial charge in [0.15, 0.2) is 0 Å². The van der Waals surface area contributed by atoms with E-state index in [-0.39, 0.29) is 11.8 Å². The first-order valence-electron chi connectivity index (χ1n) is 9.20. The third-order valence-corrected chi connectivity index (χ3v) is 4.76. The number of anilines is 1. The zero-order chi connectivity index (χ0) is 19.5. The molecule has 28 heavy (non-hydrogen) atoms. The van der Waals surface area contributed by atoms with Crippen LogP contribution in [0.4, 0.5) is 5.82 Å². The van der Waals surface area contributed by atoms with Crippen molar-refractivity contribution in [1.82, 2.24) is 25.0 Å². The fourth-order valence-electron chi connectivity index (χ4n) is 2.97. The van der Waals surface area contributed by atoms with Gasteiger partial charge in [-0.3, -0.25) is 10.1 Å². The van der Waals surface area contributed by atoms with Crippen molar-refractivity contribution in [2.24, 2.45) is 5.92 Å². The summed E-state index contributed by atoms with van der Waals surface area (Å²) in [4.78, 5) is 8.38. The second kappa shape index (κ2) is 7.56. The molecule has 2 N–H and O–H groups in total. The number of nitriles is 1. The molecule has 8 nitrogen and oxygen atoms in total. The number of nitrogens with zero attached hydrogens (tertiary/aromatic N) is 6. The van der Waals surface area contributed by atoms with E-state index < -0.39 is 0 Å². The van der Waals surface area contributed by atoms with Crippen LogP contribution in [-0.2, 0) is 6.54 Å². The van der Waals surface area contributed by atoms with Gasteiger partial charge in [-0.05, 0) is 37.8 Å². The summed E-state index contributed by atoms with van der Waals surface area (Å²) in [7, 11) is 0. The molecule has 0 saturated heterocycles. The van der Waals surface area contributed by atoms with Gasteiger partial charge in [-0.1, -0.05) is 17.3 Å². The molecule has 1 atom stereocenters. The summed E-state index contributed by atoms with van der Waals surface area (Å²) in [6, 6.07) is 8.94. The molecule has 4 rings (SSSR count). The highest BCUT2D eigenvalue weighted by atomic mass is 15.4. The van der Waals surface area contributed by atoms with Crippen molar-refractivity contribution < 1.29 is 0 Å². The predicted molar refractivity (Wildman–Crippen MR) is 104 cm³/mol. The summed E-state index contributed by atoms with van der Waals surface area (Å²) >= 11 is 0. The number of aromatic nitrogens is 5. The lowest BCUT2D eigenvalue weighted by molar-refractivity contribution is 0.544. The van der Waals surface area contributed by atoms with E-state index in [2.05, 4.69) is 31.7 Å². The van der Waals surface area contributed by atoms with E-state index in [1.54, 1.807) is 30.5 Å². The maximum absolute atomic E-state index is 9.10. The fourth-order valence-corrected chi connectivity index (χ4v) is 2.97. The summed E-state index contributed by atoms with van der Waals surface area (Å²) in [5, 5.41) is 29.4. The van der Waals surface area contributed by atoms with Crippen LogP contribution < -0.4 is 5.32 Å². The second-order valence-electron chi connectivity index (χ2n) is 7.03. The maximum atomic E-state index is 9.10. The standard InChI is InChI=1S/C20H20N8/c1-13(18-11-28(27-26-18)10-14-5-6-14)25-20-17(9-23-12-24-20)19(22)16-4-2-3-15(7-16)8-21/h2-4,7,9,11-14,22H,5-6,10H2,1H3,(H,23,24,25). The van der Waals surface area contributed by atoms with Crippen LogP contribution in [0, 0.1) is 22.7 Å². The molecule has 0 radical (unpaired) electrons. The number of nitrogens with one attached hydrogen (secondary N) is 2. The Labute approximate surface area is 162 Å². The second-order valence-corrected chi connectivity index (χ2v) is 7.03. The first-order chi connectivity index (χ1) is 13.6. The van der Waals surface area contributed by atoms with E-state index in [1.807, 2.05) is 17.8 Å². The lowest BCUT2D eigenvalue weighted by Gasteiger charge is -2.15. The van der Waals surface area contributed by atoms with Gasteiger partial charge >= 0.3 is 0 Å². The van der Waals surface area contributed by atoms with Crippen LogP contribution in [0.25, 0.3) is 0 Å². The molecule has 0 bridgehead atoms. The zero-order valence-corrected chi connectivity index (χ0v) is 15.5. The largest absolute Gasteiger partial charge is 0.361 e. The van der Waals surface area contributed by atoms with E-state index in [9.17, 15) is 0 Å². The molecule has 140 valence electrons. The van der Waals surface area contributed by atoms with E-state index in [0.29, 0.717) is 22.5 Å². The number of hydrogen-bond donors (Lipinski definition) is 2. The molecule has 1 fully saturated rings. The quantitative estimate of drug-likeness (QED) is 0.616. The van der Waals surface area contributed by atoms with Crippen molar-refractivity contribution >= 4 is 11.5 Å². The molecule has 0 spiro atoms. The topological polar surface area (TPSA) is 116 Å². The highest BCUT2D eigenvalue weighted by Crippen LogP contribution is 2.30. The predicted octanol–water partition coefficient (Wildman–Crippen LogP) is 2.94. The van der Waals surface area contributed by atoms with Crippen LogP contribution in [0.2, 0.25) is 0 Å². The Kier molecular flexibility index (Phi) is 4.81. The lowest BCUT2D eigenvalue weighted by Crippen LogP contribution is -2.14. The number of benzene rings is 1. The molecule has 2 heterocycles. The molecule has 0 amide bonds. The maximum Gasteiger partial charge on any atom is 0.139 e. The molecule has 0 aliphatic heterocycles. The van der Waals surface area contributed by atoms with Crippen LogP contribution in [0.1, 0.15) is 48.2 Å². The van der Waals surface area contributed by atoms with E-state index in [0.717, 1.165) is 18.2 Å². The zero-order valence-electron chi connectivity index (χ0n) is 15.5. The molecule has 8 heteroatoms. The van der Waals surface area contributed by atoms with Crippen molar-refractivity contribution in [2.45, 2.75) is 32.4 Å². The van der Waals surface area contributed by atoms with Crippen molar-refractivity contribution in [2.75, 3.05) is 5.32 Å². The molecular formula is C20H20N8. The highest BCUT2D eigenvalue weighted by molar-refractivity contribution is 6.13. The Morgan fingerprint density at radius 1 is 1.43 bits per heavy atom. The minimum atomic E-state index is -0.125. The fraction of sp³-hybridized carbons (Fsp3) is 0.300. The number of rotatable bonds is 7. The molecule has 1 saturated carbocycles. The van der Waals surface area contributed by atoms with Crippen molar-refractivity contribution in [3.63, 3.8) is 0 Å². The molecule has 1 unspecified atom stereocenters. The molecule has 1 aromatic carbocycles. The molecular weight excluding hydrogens is 352 g/mol. The number of hydrogen-bond acceptors (Lipinski definition) is 7. The van der Waals surface area contributed by atoms with Gasteiger partial charge in [0.1, 0.15) is 17.8 Å².